The Morgan fingerprint density at radius 2 is 2.22 bits per heavy atom. The van der Waals surface area contributed by atoms with E-state index in [1.807, 2.05) is 0 Å². The predicted octanol–water partition coefficient (Wildman–Crippen LogP) is 2.29. The van der Waals surface area contributed by atoms with Crippen LogP contribution in [0.4, 0.5) is 0 Å². The van der Waals surface area contributed by atoms with E-state index in [4.69, 9.17) is 5.73 Å². The third kappa shape index (κ3) is 2.94. The molecular weight excluding hydrogens is 244 g/mol. The summed E-state index contributed by atoms with van der Waals surface area (Å²) in [6.07, 6.45) is 5.13. The average Bonchev–Trinajstić information content (AvgIpc) is 3.01. The number of hydrogen-bond donors (Lipinski definition) is 2. The third-order valence-electron chi connectivity index (χ3n) is 3.98. The first kappa shape index (κ1) is 14.0. The van der Waals surface area contributed by atoms with Crippen LogP contribution in [-0.4, -0.2) is 35.7 Å². The molecule has 0 aromatic carbocycles. The van der Waals surface area contributed by atoms with E-state index in [2.05, 4.69) is 23.3 Å². The standard InChI is InChI=1S/C14H24N2OS/c1-11-6-9-18-14(11)13(10-15)16(7-8-17)12-4-2-3-5-12/h6,9,12-13,17H,2-5,7-8,10,15H2,1H3. The summed E-state index contributed by atoms with van der Waals surface area (Å²) < 4.78 is 0. The first-order valence-corrected chi connectivity index (χ1v) is 7.76. The smallest absolute Gasteiger partial charge is 0.0570 e. The van der Waals surface area contributed by atoms with Crippen LogP contribution in [0.2, 0.25) is 0 Å². The van der Waals surface area contributed by atoms with Gasteiger partial charge in [0.15, 0.2) is 0 Å². The number of thiophene rings is 1. The van der Waals surface area contributed by atoms with Gasteiger partial charge in [-0.25, -0.2) is 0 Å². The van der Waals surface area contributed by atoms with Crippen molar-refractivity contribution < 1.29 is 5.11 Å². The van der Waals surface area contributed by atoms with Crippen molar-refractivity contribution in [1.29, 1.82) is 0 Å². The average molecular weight is 268 g/mol. The quantitative estimate of drug-likeness (QED) is 0.832. The second-order valence-electron chi connectivity index (χ2n) is 5.12. The Morgan fingerprint density at radius 1 is 1.50 bits per heavy atom. The van der Waals surface area contributed by atoms with Crippen LogP contribution in [0.3, 0.4) is 0 Å². The highest BCUT2D eigenvalue weighted by atomic mass is 32.1. The van der Waals surface area contributed by atoms with Crippen LogP contribution >= 0.6 is 11.3 Å². The molecule has 1 aromatic rings. The van der Waals surface area contributed by atoms with Gasteiger partial charge in [0.1, 0.15) is 0 Å². The lowest BCUT2D eigenvalue weighted by atomic mass is 10.1. The van der Waals surface area contributed by atoms with Crippen LogP contribution in [0.25, 0.3) is 0 Å². The Kier molecular flexibility index (Phi) is 5.18. The highest BCUT2D eigenvalue weighted by molar-refractivity contribution is 7.10. The minimum atomic E-state index is 0.220. The fourth-order valence-electron chi connectivity index (χ4n) is 3.06. The molecule has 1 fully saturated rings. The van der Waals surface area contributed by atoms with Gasteiger partial charge in [-0.05, 0) is 36.8 Å². The maximum Gasteiger partial charge on any atom is 0.0570 e. The maximum atomic E-state index is 9.33. The number of rotatable bonds is 6. The zero-order valence-electron chi connectivity index (χ0n) is 11.1. The lowest BCUT2D eigenvalue weighted by molar-refractivity contribution is 0.108. The molecule has 3 nitrogen and oxygen atoms in total. The minimum Gasteiger partial charge on any atom is -0.395 e. The fourth-order valence-corrected chi connectivity index (χ4v) is 4.12. The largest absolute Gasteiger partial charge is 0.395 e. The van der Waals surface area contributed by atoms with Gasteiger partial charge in [0.05, 0.1) is 12.6 Å². The molecule has 0 radical (unpaired) electrons. The number of aliphatic hydroxyl groups is 1. The Bertz CT molecular complexity index is 360. The molecule has 0 amide bonds. The highest BCUT2D eigenvalue weighted by Gasteiger charge is 2.29. The van der Waals surface area contributed by atoms with Crippen molar-refractivity contribution in [1.82, 2.24) is 4.90 Å². The van der Waals surface area contributed by atoms with Gasteiger partial charge >= 0.3 is 0 Å². The zero-order valence-corrected chi connectivity index (χ0v) is 12.0. The van der Waals surface area contributed by atoms with Gasteiger partial charge in [-0.1, -0.05) is 12.8 Å². The normalized spacial score (nSPS) is 18.7. The van der Waals surface area contributed by atoms with Crippen molar-refractivity contribution >= 4 is 11.3 Å². The summed E-state index contributed by atoms with van der Waals surface area (Å²) >= 11 is 1.79. The molecule has 1 aliphatic rings. The van der Waals surface area contributed by atoms with Crippen molar-refractivity contribution in [2.75, 3.05) is 19.7 Å². The molecule has 0 spiro atoms. The Labute approximate surface area is 114 Å². The molecule has 102 valence electrons. The van der Waals surface area contributed by atoms with Crippen molar-refractivity contribution in [3.63, 3.8) is 0 Å². The molecule has 18 heavy (non-hydrogen) atoms. The molecule has 1 unspecified atom stereocenters. The van der Waals surface area contributed by atoms with Gasteiger partial charge in [-0.2, -0.15) is 0 Å². The lowest BCUT2D eigenvalue weighted by Crippen LogP contribution is -2.41. The first-order valence-electron chi connectivity index (χ1n) is 6.88. The summed E-state index contributed by atoms with van der Waals surface area (Å²) in [5, 5.41) is 11.5. The van der Waals surface area contributed by atoms with Crippen LogP contribution in [0, 0.1) is 6.92 Å². The molecule has 1 atom stereocenters. The van der Waals surface area contributed by atoms with Gasteiger partial charge in [0.2, 0.25) is 0 Å². The van der Waals surface area contributed by atoms with Crippen molar-refractivity contribution in [3.05, 3.63) is 21.9 Å². The molecule has 0 saturated heterocycles. The number of nitrogens with zero attached hydrogens (tertiary/aromatic N) is 1. The van der Waals surface area contributed by atoms with Gasteiger partial charge in [0, 0.05) is 24.0 Å². The van der Waals surface area contributed by atoms with Gasteiger partial charge in [-0.15, -0.1) is 11.3 Å². The predicted molar refractivity (Wildman–Crippen MR) is 76.9 cm³/mol. The van der Waals surface area contributed by atoms with E-state index < -0.39 is 0 Å². The maximum absolute atomic E-state index is 9.33. The van der Waals surface area contributed by atoms with Gasteiger partial charge in [0.25, 0.3) is 0 Å². The summed E-state index contributed by atoms with van der Waals surface area (Å²) in [6, 6.07) is 3.04. The third-order valence-corrected chi connectivity index (χ3v) is 5.10. The molecule has 1 aliphatic carbocycles. The minimum absolute atomic E-state index is 0.220. The van der Waals surface area contributed by atoms with Crippen molar-refractivity contribution in [3.8, 4) is 0 Å². The molecule has 4 heteroatoms. The second-order valence-corrected chi connectivity index (χ2v) is 6.07. The first-order chi connectivity index (χ1) is 8.77. The van der Waals surface area contributed by atoms with Crippen molar-refractivity contribution in [2.24, 2.45) is 5.73 Å². The zero-order chi connectivity index (χ0) is 13.0. The van der Waals surface area contributed by atoms with E-state index in [1.165, 1.54) is 36.1 Å². The molecule has 3 N–H and O–H groups in total. The summed E-state index contributed by atoms with van der Waals surface area (Å²) in [6.45, 7) is 3.75. The molecule has 0 bridgehead atoms. The lowest BCUT2D eigenvalue weighted by Gasteiger charge is -2.35. The van der Waals surface area contributed by atoms with Crippen LogP contribution < -0.4 is 5.73 Å². The van der Waals surface area contributed by atoms with Crippen LogP contribution in [0.5, 0.6) is 0 Å². The number of aliphatic hydroxyl groups excluding tert-OH is 1. The molecule has 0 aliphatic heterocycles. The topological polar surface area (TPSA) is 49.5 Å². The van der Waals surface area contributed by atoms with E-state index in [0.717, 1.165) is 6.54 Å². The van der Waals surface area contributed by atoms with Crippen LogP contribution in [0.1, 0.15) is 42.2 Å². The summed E-state index contributed by atoms with van der Waals surface area (Å²) in [7, 11) is 0. The second kappa shape index (κ2) is 6.66. The van der Waals surface area contributed by atoms with E-state index in [-0.39, 0.29) is 12.6 Å². The van der Waals surface area contributed by atoms with E-state index in [9.17, 15) is 5.11 Å². The summed E-state index contributed by atoms with van der Waals surface area (Å²) in [5.41, 5.74) is 7.35. The molecule has 1 aromatic heterocycles. The molecule has 1 heterocycles. The van der Waals surface area contributed by atoms with E-state index >= 15 is 0 Å². The Balaban J connectivity index is 2.18. The molecule has 1 saturated carbocycles. The highest BCUT2D eigenvalue weighted by Crippen LogP contribution is 2.33. The van der Waals surface area contributed by atoms with Gasteiger partial charge in [-0.3, -0.25) is 4.90 Å². The number of nitrogens with two attached hydrogens (primary N) is 1. The summed E-state index contributed by atoms with van der Waals surface area (Å²) in [4.78, 5) is 3.81. The Hall–Kier alpha value is -0.420. The number of hydrogen-bond acceptors (Lipinski definition) is 4. The van der Waals surface area contributed by atoms with Crippen LogP contribution in [0.15, 0.2) is 11.4 Å². The summed E-state index contributed by atoms with van der Waals surface area (Å²) in [5.74, 6) is 0. The SMILES string of the molecule is Cc1ccsc1C(CN)N(CCO)C1CCCC1. The molecule has 2 rings (SSSR count). The van der Waals surface area contributed by atoms with Crippen LogP contribution in [-0.2, 0) is 0 Å². The monoisotopic (exact) mass is 268 g/mol. The fraction of sp³-hybridized carbons (Fsp3) is 0.714. The van der Waals surface area contributed by atoms with E-state index in [1.54, 1.807) is 11.3 Å². The van der Waals surface area contributed by atoms with Crippen molar-refractivity contribution in [2.45, 2.75) is 44.7 Å². The Morgan fingerprint density at radius 3 is 2.72 bits per heavy atom. The number of aryl methyl sites for hydroxylation is 1. The van der Waals surface area contributed by atoms with E-state index in [0.29, 0.717) is 12.6 Å². The molecular formula is C14H24N2OS. The van der Waals surface area contributed by atoms with Gasteiger partial charge < -0.3 is 10.8 Å².